The molecule has 0 heterocycles. The molecule has 2 N–H and O–H groups in total. The third kappa shape index (κ3) is 1.84. The minimum absolute atomic E-state index is 0.267. The van der Waals surface area contributed by atoms with Gasteiger partial charge in [0, 0.05) is 0 Å². The lowest BCUT2D eigenvalue weighted by Crippen LogP contribution is -2.53. The van der Waals surface area contributed by atoms with Gasteiger partial charge in [0.1, 0.15) is 5.54 Å². The van der Waals surface area contributed by atoms with Crippen LogP contribution in [-0.4, -0.2) is 23.2 Å². The first kappa shape index (κ1) is 10.1. The molecule has 0 spiro atoms. The van der Waals surface area contributed by atoms with E-state index in [-0.39, 0.29) is 5.92 Å². The maximum Gasteiger partial charge on any atom is 0.324 e. The summed E-state index contributed by atoms with van der Waals surface area (Å²) in [6.45, 7) is 2.21. The molecule has 0 aromatic heterocycles. The second kappa shape index (κ2) is 3.80. The molecular weight excluding hydrogens is 166 g/mol. The molecule has 1 fully saturated rings. The summed E-state index contributed by atoms with van der Waals surface area (Å²) in [5, 5.41) is 12.1. The Labute approximate surface area is 78.5 Å². The summed E-state index contributed by atoms with van der Waals surface area (Å²) in [6.07, 6.45) is 7.69. The Kier molecular flexibility index (Phi) is 2.94. The van der Waals surface area contributed by atoms with Crippen molar-refractivity contribution in [2.24, 2.45) is 5.92 Å². The number of hydrogen-bond donors (Lipinski definition) is 2. The summed E-state index contributed by atoms with van der Waals surface area (Å²) in [7, 11) is 0. The van der Waals surface area contributed by atoms with Gasteiger partial charge >= 0.3 is 5.97 Å². The summed E-state index contributed by atoms with van der Waals surface area (Å²) in [5.41, 5.74) is -0.771. The highest BCUT2D eigenvalue weighted by Crippen LogP contribution is 2.41. The third-order valence-electron chi connectivity index (χ3n) is 2.72. The first-order valence-corrected chi connectivity index (χ1v) is 4.59. The highest BCUT2D eigenvalue weighted by molar-refractivity contribution is 5.79. The van der Waals surface area contributed by atoms with Crippen molar-refractivity contribution >= 4 is 5.97 Å². The molecule has 0 aromatic carbocycles. The van der Waals surface area contributed by atoms with Crippen molar-refractivity contribution in [2.45, 2.75) is 31.7 Å². The number of rotatable bonds is 5. The molecule has 1 saturated carbocycles. The first-order valence-electron chi connectivity index (χ1n) is 4.59. The van der Waals surface area contributed by atoms with Gasteiger partial charge in [0.15, 0.2) is 0 Å². The number of terminal acetylenes is 1. The molecule has 1 rings (SSSR count). The van der Waals surface area contributed by atoms with E-state index in [1.165, 1.54) is 0 Å². The summed E-state index contributed by atoms with van der Waals surface area (Å²) in [4.78, 5) is 11.1. The second-order valence-electron chi connectivity index (χ2n) is 3.46. The first-order chi connectivity index (χ1) is 6.17. The van der Waals surface area contributed by atoms with Gasteiger partial charge in [0.2, 0.25) is 0 Å². The van der Waals surface area contributed by atoms with E-state index in [2.05, 4.69) is 11.2 Å². The lowest BCUT2D eigenvalue weighted by Gasteiger charge is -2.28. The molecule has 1 aliphatic rings. The summed E-state index contributed by atoms with van der Waals surface area (Å²) in [6, 6.07) is 0. The van der Waals surface area contributed by atoms with Crippen LogP contribution in [0, 0.1) is 18.3 Å². The number of aliphatic carboxylic acids is 1. The molecule has 0 bridgehead atoms. The Balaban J connectivity index is 2.70. The summed E-state index contributed by atoms with van der Waals surface area (Å²) in [5.74, 6) is 1.92. The van der Waals surface area contributed by atoms with E-state index in [4.69, 9.17) is 11.5 Å². The molecular formula is C10H15NO2. The maximum absolute atomic E-state index is 11.1. The van der Waals surface area contributed by atoms with Gasteiger partial charge < -0.3 is 5.11 Å². The van der Waals surface area contributed by atoms with E-state index >= 15 is 0 Å². The Morgan fingerprint density at radius 1 is 1.77 bits per heavy atom. The predicted molar refractivity (Wildman–Crippen MR) is 50.2 cm³/mol. The van der Waals surface area contributed by atoms with E-state index in [0.717, 1.165) is 12.8 Å². The van der Waals surface area contributed by atoms with Crippen molar-refractivity contribution in [3.8, 4) is 12.3 Å². The Morgan fingerprint density at radius 2 is 2.38 bits per heavy atom. The zero-order valence-electron chi connectivity index (χ0n) is 7.84. The minimum atomic E-state index is -0.771. The fourth-order valence-electron chi connectivity index (χ4n) is 1.74. The van der Waals surface area contributed by atoms with Crippen LogP contribution in [0.1, 0.15) is 26.2 Å². The zero-order valence-corrected chi connectivity index (χ0v) is 7.84. The van der Waals surface area contributed by atoms with E-state index < -0.39 is 11.5 Å². The molecule has 0 saturated heterocycles. The lowest BCUT2D eigenvalue weighted by atomic mass is 9.90. The van der Waals surface area contributed by atoms with Crippen LogP contribution >= 0.6 is 0 Å². The van der Waals surface area contributed by atoms with Gasteiger partial charge in [-0.3, -0.25) is 10.1 Å². The van der Waals surface area contributed by atoms with Gasteiger partial charge in [-0.1, -0.05) is 12.8 Å². The number of carboxylic acid groups (broad SMARTS) is 1. The average Bonchev–Trinajstić information content (AvgIpc) is 2.90. The summed E-state index contributed by atoms with van der Waals surface area (Å²) >= 11 is 0. The minimum Gasteiger partial charge on any atom is -0.480 e. The smallest absolute Gasteiger partial charge is 0.324 e. The monoisotopic (exact) mass is 181 g/mol. The van der Waals surface area contributed by atoms with Crippen molar-refractivity contribution in [1.82, 2.24) is 5.32 Å². The van der Waals surface area contributed by atoms with Crippen molar-refractivity contribution < 1.29 is 9.90 Å². The summed E-state index contributed by atoms with van der Waals surface area (Å²) < 4.78 is 0. The van der Waals surface area contributed by atoms with E-state index in [1.807, 2.05) is 6.92 Å². The fraction of sp³-hybridized carbons (Fsp3) is 0.700. The predicted octanol–water partition coefficient (Wildman–Crippen LogP) is 0.853. The molecule has 0 amide bonds. The standard InChI is InChI=1S/C10H15NO2/c1-3-7-11-10(4-2,9(12)13)8-5-6-8/h1,8,11H,4-7H2,2H3,(H,12,13). The second-order valence-corrected chi connectivity index (χ2v) is 3.46. The van der Waals surface area contributed by atoms with Crippen LogP contribution in [0.5, 0.6) is 0 Å². The normalized spacial score (nSPS) is 20.3. The van der Waals surface area contributed by atoms with Gasteiger partial charge in [-0.05, 0) is 25.2 Å². The van der Waals surface area contributed by atoms with E-state index in [9.17, 15) is 4.79 Å². The average molecular weight is 181 g/mol. The topological polar surface area (TPSA) is 49.3 Å². The molecule has 3 nitrogen and oxygen atoms in total. The molecule has 0 aromatic rings. The Bertz CT molecular complexity index is 240. The van der Waals surface area contributed by atoms with Gasteiger partial charge in [-0.15, -0.1) is 6.42 Å². The maximum atomic E-state index is 11.1. The van der Waals surface area contributed by atoms with Crippen LogP contribution < -0.4 is 5.32 Å². The van der Waals surface area contributed by atoms with Crippen molar-refractivity contribution in [2.75, 3.05) is 6.54 Å². The van der Waals surface area contributed by atoms with Crippen LogP contribution in [0.2, 0.25) is 0 Å². The number of carbonyl (C=O) groups is 1. The molecule has 0 radical (unpaired) electrons. The van der Waals surface area contributed by atoms with Crippen molar-refractivity contribution in [3.05, 3.63) is 0 Å². The SMILES string of the molecule is C#CCNC(CC)(C(=O)O)C1CC1. The molecule has 1 atom stereocenters. The van der Waals surface area contributed by atoms with Crippen LogP contribution in [0.3, 0.4) is 0 Å². The van der Waals surface area contributed by atoms with Crippen molar-refractivity contribution in [3.63, 3.8) is 0 Å². The molecule has 13 heavy (non-hydrogen) atoms. The van der Waals surface area contributed by atoms with Crippen molar-refractivity contribution in [1.29, 1.82) is 0 Å². The highest BCUT2D eigenvalue weighted by Gasteiger charge is 2.49. The number of hydrogen-bond acceptors (Lipinski definition) is 2. The van der Waals surface area contributed by atoms with Crippen LogP contribution in [-0.2, 0) is 4.79 Å². The van der Waals surface area contributed by atoms with E-state index in [0.29, 0.717) is 13.0 Å². The lowest BCUT2D eigenvalue weighted by molar-refractivity contribution is -0.146. The van der Waals surface area contributed by atoms with Gasteiger partial charge in [0.25, 0.3) is 0 Å². The largest absolute Gasteiger partial charge is 0.480 e. The van der Waals surface area contributed by atoms with Crippen LogP contribution in [0.25, 0.3) is 0 Å². The molecule has 0 aliphatic heterocycles. The van der Waals surface area contributed by atoms with E-state index in [1.54, 1.807) is 0 Å². The van der Waals surface area contributed by atoms with Crippen LogP contribution in [0.15, 0.2) is 0 Å². The quantitative estimate of drug-likeness (QED) is 0.618. The number of carboxylic acids is 1. The highest BCUT2D eigenvalue weighted by atomic mass is 16.4. The molecule has 1 aliphatic carbocycles. The molecule has 72 valence electrons. The molecule has 3 heteroatoms. The Hall–Kier alpha value is -1.01. The zero-order chi connectivity index (χ0) is 9.90. The van der Waals surface area contributed by atoms with Gasteiger partial charge in [-0.25, -0.2) is 0 Å². The Morgan fingerprint density at radius 3 is 2.69 bits per heavy atom. The van der Waals surface area contributed by atoms with Gasteiger partial charge in [0.05, 0.1) is 6.54 Å². The third-order valence-corrected chi connectivity index (χ3v) is 2.72. The van der Waals surface area contributed by atoms with Gasteiger partial charge in [-0.2, -0.15) is 0 Å². The fourth-order valence-corrected chi connectivity index (χ4v) is 1.74. The number of nitrogens with one attached hydrogen (secondary N) is 1. The molecule has 1 unspecified atom stereocenters. The van der Waals surface area contributed by atoms with Crippen LogP contribution in [0.4, 0.5) is 0 Å².